The number of pyridine rings is 1. The molecule has 1 amide bonds. The van der Waals surface area contributed by atoms with E-state index in [-0.39, 0.29) is 6.04 Å². The first kappa shape index (κ1) is 15.1. The Kier molecular flexibility index (Phi) is 4.30. The van der Waals surface area contributed by atoms with Gasteiger partial charge in [0.25, 0.3) is 5.91 Å². The van der Waals surface area contributed by atoms with Gasteiger partial charge in [-0.05, 0) is 26.8 Å². The highest BCUT2D eigenvalue weighted by Crippen LogP contribution is 2.07. The lowest BCUT2D eigenvalue weighted by Gasteiger charge is -2.15. The van der Waals surface area contributed by atoms with Crippen molar-refractivity contribution in [2.75, 3.05) is 0 Å². The molecular weight excluding hydrogens is 278 g/mol. The minimum absolute atomic E-state index is 0.276. The quantitative estimate of drug-likeness (QED) is 0.938. The predicted octanol–water partition coefficient (Wildman–Crippen LogP) is 1.99. The zero-order valence-electron chi connectivity index (χ0n) is 12.0. The zero-order chi connectivity index (χ0) is 15.6. The minimum atomic E-state index is -0.981. The van der Waals surface area contributed by atoms with E-state index in [0.717, 1.165) is 17.6 Å². The van der Waals surface area contributed by atoms with Crippen LogP contribution >= 0.6 is 0 Å². The highest BCUT2D eigenvalue weighted by atomic mass is 19.1. The summed E-state index contributed by atoms with van der Waals surface area (Å²) in [5.74, 6) is -2.48. The van der Waals surface area contributed by atoms with Crippen molar-refractivity contribution < 1.29 is 13.6 Å². The van der Waals surface area contributed by atoms with Gasteiger partial charge in [0.05, 0.1) is 18.4 Å². The van der Waals surface area contributed by atoms with Crippen molar-refractivity contribution in [2.45, 2.75) is 33.4 Å². The maximum Gasteiger partial charge on any atom is 0.273 e. The van der Waals surface area contributed by atoms with Gasteiger partial charge in [-0.25, -0.2) is 13.8 Å². The van der Waals surface area contributed by atoms with Crippen LogP contribution in [0.5, 0.6) is 0 Å². The fourth-order valence-electron chi connectivity index (χ4n) is 2.04. The standard InChI is InChI=1S/C14H16F2N4O/c1-8-4-10(3)20(19-8)7-9(2)18-14(21)13-12(16)5-11(15)6-17-13/h4-6,9H,7H2,1-3H3,(H,18,21)/t9-/m0/s1. The average molecular weight is 294 g/mol. The molecule has 1 atom stereocenters. The van der Waals surface area contributed by atoms with Gasteiger partial charge >= 0.3 is 0 Å². The summed E-state index contributed by atoms with van der Waals surface area (Å²) in [5, 5.41) is 6.90. The normalized spacial score (nSPS) is 12.2. The van der Waals surface area contributed by atoms with Crippen LogP contribution in [0.4, 0.5) is 8.78 Å². The van der Waals surface area contributed by atoms with Crippen LogP contribution in [0.2, 0.25) is 0 Å². The summed E-state index contributed by atoms with van der Waals surface area (Å²) in [4.78, 5) is 15.4. The van der Waals surface area contributed by atoms with E-state index in [2.05, 4.69) is 15.4 Å². The molecule has 0 spiro atoms. The Morgan fingerprint density at radius 3 is 2.67 bits per heavy atom. The Bertz CT molecular complexity index is 669. The fourth-order valence-corrected chi connectivity index (χ4v) is 2.04. The molecular formula is C14H16F2N4O. The summed E-state index contributed by atoms with van der Waals surface area (Å²) in [6.07, 6.45) is 0.809. The van der Waals surface area contributed by atoms with Crippen molar-refractivity contribution in [2.24, 2.45) is 0 Å². The fraction of sp³-hybridized carbons (Fsp3) is 0.357. The molecule has 0 saturated heterocycles. The van der Waals surface area contributed by atoms with Gasteiger partial charge in [0.1, 0.15) is 5.82 Å². The Balaban J connectivity index is 2.03. The number of nitrogens with zero attached hydrogens (tertiary/aromatic N) is 3. The van der Waals surface area contributed by atoms with Gasteiger partial charge < -0.3 is 5.32 Å². The number of hydrogen-bond donors (Lipinski definition) is 1. The molecule has 0 fully saturated rings. The molecule has 112 valence electrons. The summed E-state index contributed by atoms with van der Waals surface area (Å²) in [5.41, 5.74) is 1.44. The second-order valence-corrected chi connectivity index (χ2v) is 4.97. The van der Waals surface area contributed by atoms with Crippen molar-refractivity contribution in [1.82, 2.24) is 20.1 Å². The van der Waals surface area contributed by atoms with Crippen LogP contribution in [0, 0.1) is 25.5 Å². The van der Waals surface area contributed by atoms with Gasteiger partial charge in [0.15, 0.2) is 11.5 Å². The van der Waals surface area contributed by atoms with E-state index in [4.69, 9.17) is 0 Å². The maximum absolute atomic E-state index is 13.5. The molecule has 0 unspecified atom stereocenters. The molecule has 2 aromatic rings. The molecule has 0 aliphatic carbocycles. The zero-order valence-corrected chi connectivity index (χ0v) is 12.0. The molecule has 0 bridgehead atoms. The van der Waals surface area contributed by atoms with E-state index in [1.165, 1.54) is 0 Å². The average Bonchev–Trinajstić information content (AvgIpc) is 2.67. The Labute approximate surface area is 121 Å². The highest BCUT2D eigenvalue weighted by Gasteiger charge is 2.17. The highest BCUT2D eigenvalue weighted by molar-refractivity contribution is 5.92. The van der Waals surface area contributed by atoms with Gasteiger partial charge in [0.2, 0.25) is 0 Å². The molecule has 0 aliphatic rings. The number of aryl methyl sites for hydroxylation is 2. The maximum atomic E-state index is 13.5. The number of carbonyl (C=O) groups excluding carboxylic acids is 1. The number of nitrogens with one attached hydrogen (secondary N) is 1. The van der Waals surface area contributed by atoms with Gasteiger partial charge in [-0.15, -0.1) is 0 Å². The minimum Gasteiger partial charge on any atom is -0.346 e. The van der Waals surface area contributed by atoms with Crippen LogP contribution in [-0.2, 0) is 6.54 Å². The van der Waals surface area contributed by atoms with Gasteiger partial charge in [0, 0.05) is 17.8 Å². The molecule has 5 nitrogen and oxygen atoms in total. The second kappa shape index (κ2) is 5.99. The molecule has 2 aromatic heterocycles. The van der Waals surface area contributed by atoms with E-state index >= 15 is 0 Å². The summed E-state index contributed by atoms with van der Waals surface area (Å²) in [7, 11) is 0. The van der Waals surface area contributed by atoms with Crippen molar-refractivity contribution in [1.29, 1.82) is 0 Å². The first-order valence-electron chi connectivity index (χ1n) is 6.49. The van der Waals surface area contributed by atoms with Gasteiger partial charge in [-0.1, -0.05) is 0 Å². The van der Waals surface area contributed by atoms with Crippen LogP contribution < -0.4 is 5.32 Å². The molecule has 21 heavy (non-hydrogen) atoms. The van der Waals surface area contributed by atoms with Crippen molar-refractivity contribution in [3.05, 3.63) is 47.0 Å². The predicted molar refractivity (Wildman–Crippen MR) is 72.8 cm³/mol. The van der Waals surface area contributed by atoms with Crippen LogP contribution in [0.15, 0.2) is 18.3 Å². The number of amides is 1. The molecule has 1 N–H and O–H groups in total. The monoisotopic (exact) mass is 294 g/mol. The van der Waals surface area contributed by atoms with E-state index in [1.54, 1.807) is 11.6 Å². The Morgan fingerprint density at radius 2 is 2.10 bits per heavy atom. The van der Waals surface area contributed by atoms with Crippen LogP contribution in [0.1, 0.15) is 28.8 Å². The van der Waals surface area contributed by atoms with Crippen LogP contribution in [-0.4, -0.2) is 26.7 Å². The van der Waals surface area contributed by atoms with Crippen molar-refractivity contribution >= 4 is 5.91 Å². The summed E-state index contributed by atoms with van der Waals surface area (Å²) in [6.45, 7) is 6.02. The molecule has 0 aromatic carbocycles. The van der Waals surface area contributed by atoms with Crippen molar-refractivity contribution in [3.8, 4) is 0 Å². The van der Waals surface area contributed by atoms with E-state index in [9.17, 15) is 13.6 Å². The van der Waals surface area contributed by atoms with E-state index in [0.29, 0.717) is 12.6 Å². The number of rotatable bonds is 4. The lowest BCUT2D eigenvalue weighted by atomic mass is 10.2. The largest absolute Gasteiger partial charge is 0.346 e. The third-order valence-electron chi connectivity index (χ3n) is 2.95. The van der Waals surface area contributed by atoms with Crippen LogP contribution in [0.3, 0.4) is 0 Å². The lowest BCUT2D eigenvalue weighted by Crippen LogP contribution is -2.37. The third kappa shape index (κ3) is 3.62. The number of halogens is 2. The summed E-state index contributed by atoms with van der Waals surface area (Å²) in [6, 6.07) is 2.28. The second-order valence-electron chi connectivity index (χ2n) is 4.97. The number of carbonyl (C=O) groups is 1. The number of aromatic nitrogens is 3. The molecule has 0 radical (unpaired) electrons. The number of hydrogen-bond acceptors (Lipinski definition) is 3. The van der Waals surface area contributed by atoms with E-state index < -0.39 is 23.2 Å². The van der Waals surface area contributed by atoms with Gasteiger partial charge in [-0.2, -0.15) is 5.10 Å². The van der Waals surface area contributed by atoms with Crippen molar-refractivity contribution in [3.63, 3.8) is 0 Å². The Hall–Kier alpha value is -2.31. The van der Waals surface area contributed by atoms with E-state index in [1.807, 2.05) is 19.9 Å². The molecule has 7 heteroatoms. The molecule has 0 saturated carbocycles. The summed E-state index contributed by atoms with van der Waals surface area (Å²) < 4.78 is 28.0. The first-order valence-corrected chi connectivity index (χ1v) is 6.49. The Morgan fingerprint density at radius 1 is 1.38 bits per heavy atom. The SMILES string of the molecule is Cc1cc(C)n(C[C@H](C)NC(=O)c2ncc(F)cc2F)n1. The van der Waals surface area contributed by atoms with Gasteiger partial charge in [-0.3, -0.25) is 9.48 Å². The smallest absolute Gasteiger partial charge is 0.273 e. The van der Waals surface area contributed by atoms with Crippen LogP contribution in [0.25, 0.3) is 0 Å². The molecule has 0 aliphatic heterocycles. The third-order valence-corrected chi connectivity index (χ3v) is 2.95. The first-order chi connectivity index (χ1) is 9.86. The molecule has 2 rings (SSSR count). The lowest BCUT2D eigenvalue weighted by molar-refractivity contribution is 0.0926. The molecule has 2 heterocycles. The topological polar surface area (TPSA) is 59.8 Å². The summed E-state index contributed by atoms with van der Waals surface area (Å²) >= 11 is 0.